The van der Waals surface area contributed by atoms with Gasteiger partial charge in [0.15, 0.2) is 13.9 Å². The molecule has 50 heavy (non-hydrogen) atoms. The number of amides is 2. The lowest BCUT2D eigenvalue weighted by Gasteiger charge is -2.32. The summed E-state index contributed by atoms with van der Waals surface area (Å²) in [6.45, 7) is 7.74. The third-order valence-electron chi connectivity index (χ3n) is 10.8. The fourth-order valence-corrected chi connectivity index (χ4v) is 11.0. The molecule has 0 bridgehead atoms. The lowest BCUT2D eigenvalue weighted by atomic mass is 9.82. The standard InChI is InChI=1S/C38H46N6O5Si/c1-25-35(50(2,3)48)34(18-20-43-23-32(41-42-43)30(24-45)26-11-6-4-7-12-26)49-38(25)31-21-28(40-36(46)27-13-10-19-39-22-27)16-17-33(31)44(37(38)47)29-14-8-5-9-15-29/h4-9,11-12,14-17,21,23,25,27,30,34-35,39,45,48H,10,13,18-20,22,24H2,1-3H3,(H,40,46)/t25-,27?,30?,34+,35-,38+/m0/s1. The third-order valence-corrected chi connectivity index (χ3v) is 13.3. The van der Waals surface area contributed by atoms with Gasteiger partial charge in [-0.2, -0.15) is 0 Å². The van der Waals surface area contributed by atoms with Gasteiger partial charge in [0.2, 0.25) is 5.91 Å². The maximum Gasteiger partial charge on any atom is 0.268 e. The van der Waals surface area contributed by atoms with Gasteiger partial charge in [-0.25, -0.2) is 0 Å². The summed E-state index contributed by atoms with van der Waals surface area (Å²) in [6.07, 6.45) is 3.67. The first kappa shape index (κ1) is 34.3. The molecule has 2 amide bonds. The Bertz CT molecular complexity index is 1830. The summed E-state index contributed by atoms with van der Waals surface area (Å²) >= 11 is 0. The van der Waals surface area contributed by atoms with E-state index in [1.165, 1.54) is 0 Å². The molecule has 4 N–H and O–H groups in total. The molecule has 0 aliphatic carbocycles. The van der Waals surface area contributed by atoms with Gasteiger partial charge < -0.3 is 25.3 Å². The number of carbonyl (C=O) groups is 2. The number of piperidine rings is 1. The molecular weight excluding hydrogens is 649 g/mol. The van der Waals surface area contributed by atoms with Crippen molar-refractivity contribution in [3.8, 4) is 0 Å². The number of aliphatic hydroxyl groups is 1. The second-order valence-corrected chi connectivity index (χ2v) is 18.4. The number of nitrogens with one attached hydrogen (secondary N) is 2. The van der Waals surface area contributed by atoms with Gasteiger partial charge in [-0.3, -0.25) is 19.2 Å². The molecule has 3 aromatic carbocycles. The number of hydrogen-bond donors (Lipinski definition) is 4. The third kappa shape index (κ3) is 6.19. The van der Waals surface area contributed by atoms with Crippen molar-refractivity contribution in [2.24, 2.45) is 11.8 Å². The van der Waals surface area contributed by atoms with Crippen LogP contribution in [0.2, 0.25) is 18.6 Å². The number of carbonyl (C=O) groups excluding carboxylic acids is 2. The van der Waals surface area contributed by atoms with Crippen LogP contribution in [0.25, 0.3) is 0 Å². The van der Waals surface area contributed by atoms with E-state index in [1.54, 1.807) is 9.58 Å². The summed E-state index contributed by atoms with van der Waals surface area (Å²) in [5.74, 6) is -1.03. The average molecular weight is 695 g/mol. The zero-order chi connectivity index (χ0) is 35.0. The molecule has 12 heteroatoms. The van der Waals surface area contributed by atoms with Gasteiger partial charge in [-0.05, 0) is 74.8 Å². The Kier molecular flexibility index (Phi) is 9.48. The van der Waals surface area contributed by atoms with E-state index < -0.39 is 20.0 Å². The number of para-hydroxylation sites is 1. The van der Waals surface area contributed by atoms with Crippen molar-refractivity contribution in [2.45, 2.75) is 69.0 Å². The van der Waals surface area contributed by atoms with Crippen molar-refractivity contribution in [3.63, 3.8) is 0 Å². The van der Waals surface area contributed by atoms with Crippen molar-refractivity contribution in [2.75, 3.05) is 29.9 Å². The number of fused-ring (bicyclic) bond motifs is 2. The highest BCUT2D eigenvalue weighted by Gasteiger charge is 2.66. The Morgan fingerprint density at radius 2 is 1.86 bits per heavy atom. The average Bonchev–Trinajstić information content (AvgIpc) is 3.78. The van der Waals surface area contributed by atoms with Crippen LogP contribution in [0.3, 0.4) is 0 Å². The van der Waals surface area contributed by atoms with Crippen molar-refractivity contribution in [1.82, 2.24) is 20.3 Å². The lowest BCUT2D eigenvalue weighted by Crippen LogP contribution is -2.45. The summed E-state index contributed by atoms with van der Waals surface area (Å²) in [7, 11) is -2.91. The molecule has 1 aromatic heterocycles. The van der Waals surface area contributed by atoms with Crippen molar-refractivity contribution in [3.05, 3.63) is 102 Å². The van der Waals surface area contributed by atoms with Crippen LogP contribution in [0.4, 0.5) is 17.1 Å². The van der Waals surface area contributed by atoms with E-state index in [0.29, 0.717) is 42.1 Å². The minimum absolute atomic E-state index is 0.0432. The number of aliphatic hydroxyl groups excluding tert-OH is 1. The molecule has 4 heterocycles. The van der Waals surface area contributed by atoms with Gasteiger partial charge in [0.05, 0.1) is 35.9 Å². The molecule has 262 valence electrons. The molecule has 0 saturated carbocycles. The van der Waals surface area contributed by atoms with Gasteiger partial charge in [0, 0.05) is 47.7 Å². The predicted molar refractivity (Wildman–Crippen MR) is 193 cm³/mol. The molecule has 7 rings (SSSR count). The summed E-state index contributed by atoms with van der Waals surface area (Å²) in [5.41, 5.74) is 2.72. The first-order chi connectivity index (χ1) is 24.1. The molecule has 3 aliphatic heterocycles. The Morgan fingerprint density at radius 1 is 1.12 bits per heavy atom. The van der Waals surface area contributed by atoms with Crippen LogP contribution in [-0.4, -0.2) is 70.8 Å². The largest absolute Gasteiger partial charge is 0.432 e. The van der Waals surface area contributed by atoms with E-state index in [1.807, 2.05) is 105 Å². The minimum atomic E-state index is -2.91. The first-order valence-electron chi connectivity index (χ1n) is 17.6. The normalized spacial score (nSPS) is 25.5. The van der Waals surface area contributed by atoms with E-state index in [2.05, 4.69) is 20.9 Å². The number of anilines is 3. The number of aromatic nitrogens is 3. The smallest absolute Gasteiger partial charge is 0.268 e. The summed E-state index contributed by atoms with van der Waals surface area (Å²) in [5, 5.41) is 25.4. The highest BCUT2D eigenvalue weighted by molar-refractivity contribution is 6.71. The minimum Gasteiger partial charge on any atom is -0.432 e. The Labute approximate surface area is 293 Å². The molecule has 3 aliphatic rings. The zero-order valence-corrected chi connectivity index (χ0v) is 29.8. The monoisotopic (exact) mass is 694 g/mol. The van der Waals surface area contributed by atoms with Crippen molar-refractivity contribution >= 4 is 37.2 Å². The highest BCUT2D eigenvalue weighted by Crippen LogP contribution is 2.61. The second-order valence-electron chi connectivity index (χ2n) is 14.4. The topological polar surface area (TPSA) is 142 Å². The highest BCUT2D eigenvalue weighted by atomic mass is 28.4. The maximum atomic E-state index is 14.9. The fraction of sp³-hybridized carbons (Fsp3) is 0.421. The molecular formula is C38H46N6O5Si. The van der Waals surface area contributed by atoms with Gasteiger partial charge in [-0.15, -0.1) is 5.10 Å². The van der Waals surface area contributed by atoms with Crippen LogP contribution in [0.15, 0.2) is 85.1 Å². The number of ether oxygens (including phenoxy) is 1. The molecule has 11 nitrogen and oxygen atoms in total. The van der Waals surface area contributed by atoms with Crippen LogP contribution in [0.1, 0.15) is 48.9 Å². The van der Waals surface area contributed by atoms with E-state index >= 15 is 0 Å². The molecule has 2 unspecified atom stereocenters. The van der Waals surface area contributed by atoms with Gasteiger partial charge >= 0.3 is 0 Å². The quantitative estimate of drug-likeness (QED) is 0.172. The molecule has 2 saturated heterocycles. The number of rotatable bonds is 10. The van der Waals surface area contributed by atoms with Gasteiger partial charge in [0.1, 0.15) is 0 Å². The van der Waals surface area contributed by atoms with E-state index in [4.69, 9.17) is 4.74 Å². The predicted octanol–water partition coefficient (Wildman–Crippen LogP) is 4.91. The number of aryl methyl sites for hydroxylation is 1. The fourth-order valence-electron chi connectivity index (χ4n) is 8.40. The molecule has 1 spiro atoms. The molecule has 4 aromatic rings. The van der Waals surface area contributed by atoms with Crippen LogP contribution in [-0.2, 0) is 26.5 Å². The van der Waals surface area contributed by atoms with E-state index in [-0.39, 0.29) is 41.7 Å². The second kappa shape index (κ2) is 13.8. The van der Waals surface area contributed by atoms with Crippen LogP contribution in [0, 0.1) is 11.8 Å². The molecule has 2 fully saturated rings. The van der Waals surface area contributed by atoms with Crippen LogP contribution >= 0.6 is 0 Å². The zero-order valence-electron chi connectivity index (χ0n) is 28.8. The maximum absolute atomic E-state index is 14.9. The Balaban J connectivity index is 1.21. The summed E-state index contributed by atoms with van der Waals surface area (Å²) in [6, 6.07) is 24.9. The van der Waals surface area contributed by atoms with E-state index in [0.717, 1.165) is 30.6 Å². The van der Waals surface area contributed by atoms with Gasteiger partial charge in [-0.1, -0.05) is 60.7 Å². The van der Waals surface area contributed by atoms with Crippen LogP contribution in [0.5, 0.6) is 0 Å². The molecule has 6 atom stereocenters. The SMILES string of the molecule is C[C@H]1[C@H]([Si](C)(C)O)[C@@H](CCn2cc(C(CO)c3ccccc3)nn2)O[C@]12C(=O)N(c1ccccc1)c1ccc(NC(=O)C3CCCNC3)cc12. The van der Waals surface area contributed by atoms with Crippen LogP contribution < -0.4 is 15.5 Å². The lowest BCUT2D eigenvalue weighted by molar-refractivity contribution is -0.145. The first-order valence-corrected chi connectivity index (χ1v) is 20.7. The number of nitrogens with zero attached hydrogens (tertiary/aromatic N) is 4. The Morgan fingerprint density at radius 3 is 2.54 bits per heavy atom. The van der Waals surface area contributed by atoms with Crippen molar-refractivity contribution < 1.29 is 24.2 Å². The summed E-state index contributed by atoms with van der Waals surface area (Å²) in [4.78, 5) is 41.7. The molecule has 0 radical (unpaired) electrons. The van der Waals surface area contributed by atoms with Gasteiger partial charge in [0.25, 0.3) is 5.91 Å². The number of hydrogen-bond acceptors (Lipinski definition) is 8. The number of benzene rings is 3. The summed E-state index contributed by atoms with van der Waals surface area (Å²) < 4.78 is 8.80. The van der Waals surface area contributed by atoms with E-state index in [9.17, 15) is 19.5 Å². The Hall–Kier alpha value is -4.20. The van der Waals surface area contributed by atoms with Crippen molar-refractivity contribution in [1.29, 1.82) is 0 Å².